The molecule has 24 heavy (non-hydrogen) atoms. The maximum absolute atomic E-state index is 12.9. The predicted octanol–water partition coefficient (Wildman–Crippen LogP) is 3.33. The van der Waals surface area contributed by atoms with Crippen LogP contribution in [0.1, 0.15) is 42.0 Å². The van der Waals surface area contributed by atoms with Crippen LogP contribution >= 0.6 is 24.0 Å². The smallest absolute Gasteiger partial charge is 0.274 e. The third-order valence-corrected chi connectivity index (χ3v) is 4.47. The van der Waals surface area contributed by atoms with Crippen LogP contribution in [0.5, 0.6) is 0 Å². The summed E-state index contributed by atoms with van der Waals surface area (Å²) in [6.45, 7) is 6.19. The van der Waals surface area contributed by atoms with Crippen LogP contribution in [-0.4, -0.2) is 40.2 Å². The van der Waals surface area contributed by atoms with Gasteiger partial charge in [-0.2, -0.15) is 5.10 Å². The predicted molar refractivity (Wildman–Crippen MR) is 98.0 cm³/mol. The van der Waals surface area contributed by atoms with E-state index in [4.69, 9.17) is 11.6 Å². The van der Waals surface area contributed by atoms with E-state index in [1.54, 1.807) is 10.7 Å². The summed E-state index contributed by atoms with van der Waals surface area (Å²) < 4.78 is 1.81. The number of nitrogens with one attached hydrogen (secondary N) is 1. The number of nitrogens with zero attached hydrogens (tertiary/aromatic N) is 3. The third-order valence-electron chi connectivity index (χ3n) is 4.13. The molecule has 0 bridgehead atoms. The molecule has 1 fully saturated rings. The average Bonchev–Trinajstić information content (AvgIpc) is 3.05. The molecule has 1 aliphatic heterocycles. The minimum atomic E-state index is -0.0749. The maximum atomic E-state index is 12.9. The fourth-order valence-electron chi connectivity index (χ4n) is 2.86. The molecule has 0 aliphatic carbocycles. The lowest BCUT2D eigenvalue weighted by molar-refractivity contribution is 0.0627. The Balaban J connectivity index is 0.00000208. The minimum absolute atomic E-state index is 0. The molecule has 1 amide bonds. The van der Waals surface area contributed by atoms with Gasteiger partial charge in [-0.05, 0) is 31.5 Å². The van der Waals surface area contributed by atoms with Crippen molar-refractivity contribution < 1.29 is 4.79 Å². The van der Waals surface area contributed by atoms with Crippen molar-refractivity contribution in [3.05, 3.63) is 52.8 Å². The van der Waals surface area contributed by atoms with E-state index >= 15 is 0 Å². The van der Waals surface area contributed by atoms with Gasteiger partial charge in [0, 0.05) is 36.9 Å². The number of benzene rings is 1. The van der Waals surface area contributed by atoms with E-state index in [1.807, 2.05) is 49.2 Å². The van der Waals surface area contributed by atoms with Gasteiger partial charge in [0.1, 0.15) is 5.69 Å². The summed E-state index contributed by atoms with van der Waals surface area (Å²) in [7, 11) is 0. The summed E-state index contributed by atoms with van der Waals surface area (Å²) in [6.07, 6.45) is 1.85. The van der Waals surface area contributed by atoms with E-state index in [9.17, 15) is 4.79 Å². The van der Waals surface area contributed by atoms with Gasteiger partial charge in [-0.3, -0.25) is 9.48 Å². The molecule has 2 heterocycles. The van der Waals surface area contributed by atoms with Crippen molar-refractivity contribution in [3.63, 3.8) is 0 Å². The molecule has 0 spiro atoms. The highest BCUT2D eigenvalue weighted by Gasteiger charge is 2.30. The molecule has 5 nitrogen and oxygen atoms in total. The number of hydrogen-bond acceptors (Lipinski definition) is 3. The number of hydrogen-bond donors (Lipinski definition) is 1. The van der Waals surface area contributed by atoms with E-state index in [-0.39, 0.29) is 30.4 Å². The third kappa shape index (κ3) is 3.74. The molecule has 1 atom stereocenters. The zero-order valence-electron chi connectivity index (χ0n) is 13.8. The van der Waals surface area contributed by atoms with Gasteiger partial charge >= 0.3 is 0 Å². The molecule has 2 aromatic rings. The normalized spacial score (nSPS) is 17.7. The van der Waals surface area contributed by atoms with Gasteiger partial charge in [-0.15, -0.1) is 12.4 Å². The fourth-order valence-corrected chi connectivity index (χ4v) is 3.12. The first-order valence-electron chi connectivity index (χ1n) is 7.89. The van der Waals surface area contributed by atoms with Crippen molar-refractivity contribution in [2.45, 2.75) is 25.9 Å². The van der Waals surface area contributed by atoms with Gasteiger partial charge < -0.3 is 10.2 Å². The molecule has 0 radical (unpaired) electrons. The molecule has 1 saturated heterocycles. The second kappa shape index (κ2) is 8.01. The summed E-state index contributed by atoms with van der Waals surface area (Å²) in [5.41, 5.74) is 1.45. The Labute approximate surface area is 153 Å². The van der Waals surface area contributed by atoms with Gasteiger partial charge in [0.25, 0.3) is 5.91 Å². The number of carbonyl (C=O) groups excluding carboxylic acids is 1. The molecule has 0 saturated carbocycles. The average molecular weight is 369 g/mol. The van der Waals surface area contributed by atoms with Gasteiger partial charge in [0.05, 0.1) is 6.04 Å². The number of amides is 1. The number of aromatic nitrogens is 2. The second-order valence-electron chi connectivity index (χ2n) is 6.01. The first-order chi connectivity index (χ1) is 11.1. The molecule has 1 aliphatic rings. The fraction of sp³-hybridized carbons (Fsp3) is 0.412. The van der Waals surface area contributed by atoms with Crippen molar-refractivity contribution in [1.29, 1.82) is 0 Å². The van der Waals surface area contributed by atoms with Crippen LogP contribution in [0.4, 0.5) is 0 Å². The molecule has 1 aromatic heterocycles. The lowest BCUT2D eigenvalue weighted by Crippen LogP contribution is -2.48. The van der Waals surface area contributed by atoms with Crippen LogP contribution in [0.15, 0.2) is 36.5 Å². The highest BCUT2D eigenvalue weighted by Crippen LogP contribution is 2.29. The summed E-state index contributed by atoms with van der Waals surface area (Å²) in [4.78, 5) is 14.8. The van der Waals surface area contributed by atoms with E-state index in [0.717, 1.165) is 12.1 Å². The highest BCUT2D eigenvalue weighted by molar-refractivity contribution is 6.31. The van der Waals surface area contributed by atoms with E-state index in [1.165, 1.54) is 0 Å². The molecular formula is C17H22Cl2N4O. The first kappa shape index (κ1) is 18.8. The van der Waals surface area contributed by atoms with Crippen LogP contribution in [0.25, 0.3) is 0 Å². The quantitative estimate of drug-likeness (QED) is 0.903. The Morgan fingerprint density at radius 1 is 1.33 bits per heavy atom. The molecule has 1 N–H and O–H groups in total. The van der Waals surface area contributed by atoms with Crippen molar-refractivity contribution >= 4 is 29.9 Å². The van der Waals surface area contributed by atoms with Crippen LogP contribution in [0.3, 0.4) is 0 Å². The number of carbonyl (C=O) groups is 1. The molecule has 7 heteroatoms. The van der Waals surface area contributed by atoms with Crippen molar-refractivity contribution in [3.8, 4) is 0 Å². The summed E-state index contributed by atoms with van der Waals surface area (Å²) in [6, 6.07) is 9.64. The van der Waals surface area contributed by atoms with E-state index in [0.29, 0.717) is 23.8 Å². The Kier molecular flexibility index (Phi) is 6.27. The van der Waals surface area contributed by atoms with Gasteiger partial charge in [0.15, 0.2) is 0 Å². The molecule has 1 aromatic carbocycles. The van der Waals surface area contributed by atoms with Crippen LogP contribution in [0.2, 0.25) is 5.02 Å². The van der Waals surface area contributed by atoms with Crippen LogP contribution in [0, 0.1) is 0 Å². The Hall–Kier alpha value is -1.56. The van der Waals surface area contributed by atoms with Crippen molar-refractivity contribution in [2.75, 3.05) is 19.6 Å². The Bertz CT molecular complexity index is 701. The number of rotatable bonds is 3. The molecular weight excluding hydrogens is 347 g/mol. The van der Waals surface area contributed by atoms with E-state index in [2.05, 4.69) is 10.4 Å². The SMILES string of the molecule is CC(C)n1ccc(C(=O)N2CCNCC2c2ccccc2Cl)n1.Cl. The monoisotopic (exact) mass is 368 g/mol. The maximum Gasteiger partial charge on any atom is 0.274 e. The summed E-state index contributed by atoms with van der Waals surface area (Å²) >= 11 is 6.33. The van der Waals surface area contributed by atoms with Crippen LogP contribution < -0.4 is 5.32 Å². The van der Waals surface area contributed by atoms with Gasteiger partial charge in [0.2, 0.25) is 0 Å². The summed E-state index contributed by atoms with van der Waals surface area (Å²) in [5, 5.41) is 8.44. The largest absolute Gasteiger partial charge is 0.328 e. The first-order valence-corrected chi connectivity index (χ1v) is 8.27. The zero-order chi connectivity index (χ0) is 16.4. The van der Waals surface area contributed by atoms with Crippen molar-refractivity contribution in [2.24, 2.45) is 0 Å². The number of halogens is 2. The van der Waals surface area contributed by atoms with E-state index < -0.39 is 0 Å². The van der Waals surface area contributed by atoms with Gasteiger partial charge in [-0.25, -0.2) is 0 Å². The topological polar surface area (TPSA) is 50.2 Å². The van der Waals surface area contributed by atoms with Crippen molar-refractivity contribution in [1.82, 2.24) is 20.0 Å². The van der Waals surface area contributed by atoms with Crippen LogP contribution in [-0.2, 0) is 0 Å². The Morgan fingerprint density at radius 2 is 2.08 bits per heavy atom. The lowest BCUT2D eigenvalue weighted by Gasteiger charge is -2.36. The molecule has 3 rings (SSSR count). The second-order valence-corrected chi connectivity index (χ2v) is 6.42. The lowest BCUT2D eigenvalue weighted by atomic mass is 10.0. The van der Waals surface area contributed by atoms with Gasteiger partial charge in [-0.1, -0.05) is 29.8 Å². The number of piperazine rings is 1. The standard InChI is InChI=1S/C17H21ClN4O.ClH/c1-12(2)22-9-7-15(20-22)17(23)21-10-8-19-11-16(21)13-5-3-4-6-14(13)18;/h3-7,9,12,16,19H,8,10-11H2,1-2H3;1H. The Morgan fingerprint density at radius 3 is 2.75 bits per heavy atom. The summed E-state index contributed by atoms with van der Waals surface area (Å²) in [5.74, 6) is -0.0455. The molecule has 130 valence electrons. The minimum Gasteiger partial charge on any atom is -0.328 e. The molecule has 1 unspecified atom stereocenters. The highest BCUT2D eigenvalue weighted by atomic mass is 35.5. The zero-order valence-corrected chi connectivity index (χ0v) is 15.3.